The zero-order valence-electron chi connectivity index (χ0n) is 8.38. The maximum absolute atomic E-state index is 11.2. The maximum Gasteiger partial charge on any atom is 0.129 e. The van der Waals surface area contributed by atoms with E-state index in [1.54, 1.807) is 14.0 Å². The molecule has 0 radical (unpaired) electrons. The zero-order valence-corrected chi connectivity index (χ0v) is 9.19. The Bertz CT molecular complexity index is 168. The van der Waals surface area contributed by atoms with Crippen LogP contribution in [-0.4, -0.2) is 35.2 Å². The van der Waals surface area contributed by atoms with Gasteiger partial charge in [0, 0.05) is 35.8 Å². The van der Waals surface area contributed by atoms with Gasteiger partial charge in [-0.2, -0.15) is 0 Å². The van der Waals surface area contributed by atoms with Gasteiger partial charge in [-0.15, -0.1) is 0 Å². The van der Waals surface area contributed by atoms with Crippen molar-refractivity contribution in [2.24, 2.45) is 0 Å². The van der Waals surface area contributed by atoms with E-state index in [0.29, 0.717) is 24.5 Å². The molecule has 0 heterocycles. The monoisotopic (exact) mass is 206 g/mol. The normalized spacial score (nSPS) is 12.8. The second-order valence-electron chi connectivity index (χ2n) is 3.00. The fourth-order valence-corrected chi connectivity index (χ4v) is 2.00. The van der Waals surface area contributed by atoms with Crippen LogP contribution in [0.1, 0.15) is 26.2 Å². The third-order valence-corrected chi connectivity index (χ3v) is 3.03. The number of ether oxygens (including phenoxy) is 1. The highest BCUT2D eigenvalue weighted by Gasteiger charge is 1.99. The highest BCUT2D eigenvalue weighted by atomic mass is 32.2. The van der Waals surface area contributed by atoms with Gasteiger partial charge in [0.15, 0.2) is 0 Å². The molecule has 0 bridgehead atoms. The van der Waals surface area contributed by atoms with Crippen molar-refractivity contribution in [3.8, 4) is 0 Å². The molecule has 0 aromatic heterocycles. The zero-order chi connectivity index (χ0) is 10.1. The molecular weight excluding hydrogens is 188 g/mol. The average molecular weight is 206 g/mol. The summed E-state index contributed by atoms with van der Waals surface area (Å²) in [7, 11) is 0.833. The molecule has 0 N–H and O–H groups in total. The predicted molar refractivity (Wildman–Crippen MR) is 54.3 cm³/mol. The summed E-state index contributed by atoms with van der Waals surface area (Å²) in [5.74, 6) is 1.51. The molecule has 0 amide bonds. The fourth-order valence-electron chi connectivity index (χ4n) is 0.915. The molecule has 3 nitrogen and oxygen atoms in total. The van der Waals surface area contributed by atoms with Crippen molar-refractivity contribution in [3.63, 3.8) is 0 Å². The number of hydrogen-bond donors (Lipinski definition) is 0. The van der Waals surface area contributed by atoms with Crippen LogP contribution >= 0.6 is 0 Å². The van der Waals surface area contributed by atoms with Crippen molar-refractivity contribution >= 4 is 16.6 Å². The van der Waals surface area contributed by atoms with Gasteiger partial charge in [0.05, 0.1) is 6.61 Å². The molecule has 0 aliphatic carbocycles. The van der Waals surface area contributed by atoms with Crippen LogP contribution in [0, 0.1) is 0 Å². The van der Waals surface area contributed by atoms with Crippen LogP contribution in [0.2, 0.25) is 0 Å². The first-order valence-electron chi connectivity index (χ1n) is 4.50. The van der Waals surface area contributed by atoms with Gasteiger partial charge < -0.3 is 9.53 Å². The third-order valence-electron chi connectivity index (χ3n) is 1.67. The van der Waals surface area contributed by atoms with Gasteiger partial charge in [-0.3, -0.25) is 4.21 Å². The number of unbranched alkanes of at least 4 members (excludes halogenated alkanes) is 1. The van der Waals surface area contributed by atoms with Gasteiger partial charge in [-0.05, 0) is 19.8 Å². The van der Waals surface area contributed by atoms with E-state index in [-0.39, 0.29) is 5.78 Å². The molecule has 1 unspecified atom stereocenters. The molecule has 0 aliphatic heterocycles. The van der Waals surface area contributed by atoms with Crippen molar-refractivity contribution in [3.05, 3.63) is 0 Å². The highest BCUT2D eigenvalue weighted by molar-refractivity contribution is 7.84. The number of methoxy groups -OCH3 is 1. The standard InChI is InChI=1S/C9H18O3S/c1-9(10)5-3-4-7-13(11)8-6-12-2/h3-8H2,1-2H3. The van der Waals surface area contributed by atoms with Crippen molar-refractivity contribution in [2.75, 3.05) is 25.2 Å². The predicted octanol–water partition coefficient (Wildman–Crippen LogP) is 1.14. The Labute approximate surface area is 82.3 Å². The molecule has 1 atom stereocenters. The van der Waals surface area contributed by atoms with E-state index in [2.05, 4.69) is 0 Å². The molecule has 4 heteroatoms. The lowest BCUT2D eigenvalue weighted by Gasteiger charge is -2.00. The smallest absolute Gasteiger partial charge is 0.129 e. The molecule has 0 saturated carbocycles. The highest BCUT2D eigenvalue weighted by Crippen LogP contribution is 1.98. The minimum atomic E-state index is -0.771. The van der Waals surface area contributed by atoms with Gasteiger partial charge in [-0.1, -0.05) is 0 Å². The summed E-state index contributed by atoms with van der Waals surface area (Å²) in [6.07, 6.45) is 2.34. The van der Waals surface area contributed by atoms with Crippen LogP contribution in [0.4, 0.5) is 0 Å². The second kappa shape index (κ2) is 8.38. The summed E-state index contributed by atoms with van der Waals surface area (Å²) >= 11 is 0. The van der Waals surface area contributed by atoms with Crippen molar-refractivity contribution < 1.29 is 13.7 Å². The molecule has 0 aromatic carbocycles. The van der Waals surface area contributed by atoms with Crippen LogP contribution in [0.3, 0.4) is 0 Å². The van der Waals surface area contributed by atoms with E-state index in [1.807, 2.05) is 0 Å². The summed E-state index contributed by atoms with van der Waals surface area (Å²) in [4.78, 5) is 10.6. The molecule has 78 valence electrons. The fraction of sp³-hybridized carbons (Fsp3) is 0.889. The third kappa shape index (κ3) is 9.70. The van der Waals surface area contributed by atoms with Gasteiger partial charge in [0.25, 0.3) is 0 Å². The van der Waals surface area contributed by atoms with Crippen molar-refractivity contribution in [1.29, 1.82) is 0 Å². The molecule has 0 aromatic rings. The van der Waals surface area contributed by atoms with Crippen molar-refractivity contribution in [2.45, 2.75) is 26.2 Å². The molecule has 0 saturated heterocycles. The van der Waals surface area contributed by atoms with Crippen LogP contribution in [-0.2, 0) is 20.3 Å². The molecular formula is C9H18O3S. The van der Waals surface area contributed by atoms with Crippen LogP contribution in [0.25, 0.3) is 0 Å². The Morgan fingerprint density at radius 2 is 2.00 bits per heavy atom. The molecule has 0 spiro atoms. The molecule has 0 fully saturated rings. The Hall–Kier alpha value is -0.220. The summed E-state index contributed by atoms with van der Waals surface area (Å²) in [5, 5.41) is 0. The summed E-state index contributed by atoms with van der Waals surface area (Å²) in [6.45, 7) is 2.14. The quantitative estimate of drug-likeness (QED) is 0.559. The van der Waals surface area contributed by atoms with Crippen LogP contribution in [0.5, 0.6) is 0 Å². The maximum atomic E-state index is 11.2. The lowest BCUT2D eigenvalue weighted by Crippen LogP contribution is -2.07. The van der Waals surface area contributed by atoms with E-state index in [0.717, 1.165) is 12.8 Å². The largest absolute Gasteiger partial charge is 0.384 e. The lowest BCUT2D eigenvalue weighted by atomic mass is 10.2. The second-order valence-corrected chi connectivity index (χ2v) is 4.70. The van der Waals surface area contributed by atoms with Crippen LogP contribution < -0.4 is 0 Å². The number of ketones is 1. The average Bonchev–Trinajstić information content (AvgIpc) is 2.08. The van der Waals surface area contributed by atoms with E-state index < -0.39 is 10.8 Å². The molecule has 0 rings (SSSR count). The van der Waals surface area contributed by atoms with Crippen molar-refractivity contribution in [1.82, 2.24) is 0 Å². The Morgan fingerprint density at radius 1 is 1.31 bits per heavy atom. The first kappa shape index (κ1) is 12.8. The minimum absolute atomic E-state index is 0.211. The van der Waals surface area contributed by atoms with E-state index in [9.17, 15) is 9.00 Å². The Balaban J connectivity index is 3.22. The van der Waals surface area contributed by atoms with E-state index >= 15 is 0 Å². The Morgan fingerprint density at radius 3 is 2.54 bits per heavy atom. The van der Waals surface area contributed by atoms with E-state index in [4.69, 9.17) is 4.74 Å². The number of rotatable bonds is 8. The summed E-state index contributed by atoms with van der Waals surface area (Å²) < 4.78 is 16.0. The SMILES string of the molecule is COCCS(=O)CCCCC(C)=O. The number of Topliss-reactive ketones (excluding diaryl/α,β-unsaturated/α-hetero) is 1. The number of carbonyl (C=O) groups excluding carboxylic acids is 1. The number of hydrogen-bond acceptors (Lipinski definition) is 3. The van der Waals surface area contributed by atoms with E-state index in [1.165, 1.54) is 0 Å². The first-order valence-corrected chi connectivity index (χ1v) is 5.99. The Kier molecular flexibility index (Phi) is 8.24. The topological polar surface area (TPSA) is 43.4 Å². The number of carbonyl (C=O) groups is 1. The van der Waals surface area contributed by atoms with Gasteiger partial charge in [-0.25, -0.2) is 0 Å². The summed E-state index contributed by atoms with van der Waals surface area (Å²) in [5.41, 5.74) is 0. The van der Waals surface area contributed by atoms with Crippen LogP contribution in [0.15, 0.2) is 0 Å². The summed E-state index contributed by atoms with van der Waals surface area (Å²) in [6, 6.07) is 0. The lowest BCUT2D eigenvalue weighted by molar-refractivity contribution is -0.117. The van der Waals surface area contributed by atoms with Gasteiger partial charge in [0.2, 0.25) is 0 Å². The van der Waals surface area contributed by atoms with Gasteiger partial charge in [0.1, 0.15) is 5.78 Å². The first-order chi connectivity index (χ1) is 6.16. The minimum Gasteiger partial charge on any atom is -0.384 e. The van der Waals surface area contributed by atoms with Gasteiger partial charge >= 0.3 is 0 Å². The molecule has 0 aliphatic rings. The molecule has 13 heavy (non-hydrogen) atoms.